The van der Waals surface area contributed by atoms with Crippen molar-refractivity contribution in [2.24, 2.45) is 0 Å². The Morgan fingerprint density at radius 2 is 1.94 bits per heavy atom. The van der Waals surface area contributed by atoms with Gasteiger partial charge in [0.25, 0.3) is 0 Å². The average Bonchev–Trinajstić information content (AvgIpc) is 2.24. The molecule has 0 saturated carbocycles. The van der Waals surface area contributed by atoms with Gasteiger partial charge in [0.1, 0.15) is 10.8 Å². The summed E-state index contributed by atoms with van der Waals surface area (Å²) < 4.78 is 0. The Kier molecular flexibility index (Phi) is 3.53. The summed E-state index contributed by atoms with van der Waals surface area (Å²) in [6, 6.07) is 5.38. The van der Waals surface area contributed by atoms with Gasteiger partial charge in [-0.2, -0.15) is 0 Å². The molecule has 0 spiro atoms. The molecule has 0 unspecified atom stereocenters. The van der Waals surface area contributed by atoms with Crippen molar-refractivity contribution in [3.8, 4) is 0 Å². The fraction of sp³-hybridized carbons (Fsp3) is 0. The molecule has 0 saturated heterocycles. The second kappa shape index (κ2) is 4.91. The summed E-state index contributed by atoms with van der Waals surface area (Å²) in [6.45, 7) is 0. The number of nitrogens with two attached hydrogens (primary N) is 1. The molecule has 0 radical (unpaired) electrons. The van der Waals surface area contributed by atoms with Gasteiger partial charge < -0.3 is 5.73 Å². The third-order valence-electron chi connectivity index (χ3n) is 1.74. The standard InChI is InChI=1S/C10H7Cl2N3S/c11-7-2-1-6(3-8(7)12)16-10-5-14-4-9(13)15-10/h1-5H,(H2,13,15). The van der Waals surface area contributed by atoms with E-state index in [1.165, 1.54) is 18.0 Å². The molecular weight excluding hydrogens is 265 g/mol. The van der Waals surface area contributed by atoms with Gasteiger partial charge in [-0.3, -0.25) is 4.98 Å². The Balaban J connectivity index is 2.24. The molecule has 6 heteroatoms. The SMILES string of the molecule is Nc1cncc(Sc2ccc(Cl)c(Cl)c2)n1. The van der Waals surface area contributed by atoms with Crippen LogP contribution in [0.1, 0.15) is 0 Å². The van der Waals surface area contributed by atoms with Crippen molar-refractivity contribution < 1.29 is 0 Å². The van der Waals surface area contributed by atoms with E-state index in [4.69, 9.17) is 28.9 Å². The summed E-state index contributed by atoms with van der Waals surface area (Å²) in [7, 11) is 0. The maximum atomic E-state index is 5.91. The molecule has 82 valence electrons. The first kappa shape index (κ1) is 11.5. The number of hydrogen-bond donors (Lipinski definition) is 1. The van der Waals surface area contributed by atoms with Crippen LogP contribution >= 0.6 is 35.0 Å². The predicted molar refractivity (Wildman–Crippen MR) is 67.0 cm³/mol. The van der Waals surface area contributed by atoms with Gasteiger partial charge in [-0.25, -0.2) is 4.98 Å². The summed E-state index contributed by atoms with van der Waals surface area (Å²) in [5, 5.41) is 1.77. The predicted octanol–water partition coefficient (Wildman–Crippen LogP) is 3.52. The Morgan fingerprint density at radius 3 is 2.62 bits per heavy atom. The number of nitrogen functional groups attached to an aromatic ring is 1. The van der Waals surface area contributed by atoms with Gasteiger partial charge in [0.05, 0.1) is 22.4 Å². The molecule has 0 bridgehead atoms. The maximum Gasteiger partial charge on any atom is 0.143 e. The maximum absolute atomic E-state index is 5.91. The van der Waals surface area contributed by atoms with E-state index >= 15 is 0 Å². The number of rotatable bonds is 2. The van der Waals surface area contributed by atoms with E-state index in [0.717, 1.165) is 9.92 Å². The molecule has 0 amide bonds. The molecule has 2 aromatic rings. The first-order chi connectivity index (χ1) is 7.65. The second-order valence-corrected chi connectivity index (χ2v) is 4.87. The molecule has 3 nitrogen and oxygen atoms in total. The third kappa shape index (κ3) is 2.78. The molecule has 16 heavy (non-hydrogen) atoms. The fourth-order valence-corrected chi connectivity index (χ4v) is 2.25. The number of aromatic nitrogens is 2. The summed E-state index contributed by atoms with van der Waals surface area (Å²) in [6.07, 6.45) is 3.14. The minimum Gasteiger partial charge on any atom is -0.382 e. The van der Waals surface area contributed by atoms with E-state index in [2.05, 4.69) is 9.97 Å². The summed E-state index contributed by atoms with van der Waals surface area (Å²) in [5.74, 6) is 0.394. The zero-order valence-corrected chi connectivity index (χ0v) is 10.4. The van der Waals surface area contributed by atoms with Gasteiger partial charge in [-0.05, 0) is 18.2 Å². The minimum atomic E-state index is 0.394. The van der Waals surface area contributed by atoms with Crippen LogP contribution in [0, 0.1) is 0 Å². The summed E-state index contributed by atoms with van der Waals surface area (Å²) in [4.78, 5) is 9.01. The van der Waals surface area contributed by atoms with Crippen molar-refractivity contribution in [2.75, 3.05) is 5.73 Å². The van der Waals surface area contributed by atoms with Crippen LogP contribution < -0.4 is 5.73 Å². The van der Waals surface area contributed by atoms with Crippen LogP contribution in [-0.4, -0.2) is 9.97 Å². The van der Waals surface area contributed by atoms with E-state index in [0.29, 0.717) is 15.9 Å². The van der Waals surface area contributed by atoms with Crippen LogP contribution in [0.15, 0.2) is 40.5 Å². The number of benzene rings is 1. The van der Waals surface area contributed by atoms with Crippen molar-refractivity contribution in [2.45, 2.75) is 9.92 Å². The lowest BCUT2D eigenvalue weighted by atomic mass is 10.4. The van der Waals surface area contributed by atoms with Crippen molar-refractivity contribution in [1.29, 1.82) is 0 Å². The first-order valence-electron chi connectivity index (χ1n) is 4.35. The van der Waals surface area contributed by atoms with E-state index < -0.39 is 0 Å². The van der Waals surface area contributed by atoms with Crippen LogP contribution in [0.25, 0.3) is 0 Å². The Labute approximate surface area is 107 Å². The lowest BCUT2D eigenvalue weighted by Crippen LogP contribution is -1.92. The van der Waals surface area contributed by atoms with Gasteiger partial charge in [-0.15, -0.1) is 0 Å². The average molecular weight is 272 g/mol. The van der Waals surface area contributed by atoms with Crippen LogP contribution in [0.2, 0.25) is 10.0 Å². The topological polar surface area (TPSA) is 51.8 Å². The highest BCUT2D eigenvalue weighted by Crippen LogP contribution is 2.31. The van der Waals surface area contributed by atoms with Crippen LogP contribution in [0.4, 0.5) is 5.82 Å². The van der Waals surface area contributed by atoms with Crippen molar-refractivity contribution in [3.05, 3.63) is 40.6 Å². The van der Waals surface area contributed by atoms with Gasteiger partial charge in [-0.1, -0.05) is 35.0 Å². The number of halogens is 2. The largest absolute Gasteiger partial charge is 0.382 e. The molecule has 1 aromatic heterocycles. The normalized spacial score (nSPS) is 10.4. The molecule has 0 aliphatic carbocycles. The smallest absolute Gasteiger partial charge is 0.143 e. The Morgan fingerprint density at radius 1 is 1.12 bits per heavy atom. The molecule has 0 aliphatic heterocycles. The molecule has 2 rings (SSSR count). The van der Waals surface area contributed by atoms with Gasteiger partial charge in [0.15, 0.2) is 0 Å². The fourth-order valence-electron chi connectivity index (χ4n) is 1.07. The van der Waals surface area contributed by atoms with Gasteiger partial charge in [0.2, 0.25) is 0 Å². The van der Waals surface area contributed by atoms with E-state index in [-0.39, 0.29) is 0 Å². The third-order valence-corrected chi connectivity index (χ3v) is 3.38. The highest BCUT2D eigenvalue weighted by Gasteiger charge is 2.03. The molecular formula is C10H7Cl2N3S. The van der Waals surface area contributed by atoms with Crippen LogP contribution in [0.5, 0.6) is 0 Å². The van der Waals surface area contributed by atoms with Crippen LogP contribution in [0.3, 0.4) is 0 Å². The molecule has 0 fully saturated rings. The van der Waals surface area contributed by atoms with Crippen molar-refractivity contribution >= 4 is 40.8 Å². The summed E-state index contributed by atoms with van der Waals surface area (Å²) >= 11 is 13.2. The van der Waals surface area contributed by atoms with E-state index in [9.17, 15) is 0 Å². The highest BCUT2D eigenvalue weighted by atomic mass is 35.5. The molecule has 1 aromatic carbocycles. The zero-order chi connectivity index (χ0) is 11.5. The highest BCUT2D eigenvalue weighted by molar-refractivity contribution is 7.99. The summed E-state index contributed by atoms with van der Waals surface area (Å²) in [5.41, 5.74) is 5.53. The number of anilines is 1. The monoisotopic (exact) mass is 271 g/mol. The second-order valence-electron chi connectivity index (χ2n) is 2.96. The lowest BCUT2D eigenvalue weighted by Gasteiger charge is -2.02. The van der Waals surface area contributed by atoms with E-state index in [1.807, 2.05) is 6.07 Å². The quantitative estimate of drug-likeness (QED) is 0.908. The zero-order valence-electron chi connectivity index (χ0n) is 8.02. The van der Waals surface area contributed by atoms with Gasteiger partial charge in [0, 0.05) is 4.90 Å². The van der Waals surface area contributed by atoms with Crippen LogP contribution in [-0.2, 0) is 0 Å². The van der Waals surface area contributed by atoms with Crippen molar-refractivity contribution in [3.63, 3.8) is 0 Å². The number of hydrogen-bond acceptors (Lipinski definition) is 4. The van der Waals surface area contributed by atoms with Crippen molar-refractivity contribution in [1.82, 2.24) is 9.97 Å². The van der Waals surface area contributed by atoms with Gasteiger partial charge >= 0.3 is 0 Å². The molecule has 0 aliphatic rings. The first-order valence-corrected chi connectivity index (χ1v) is 5.93. The molecule has 0 atom stereocenters. The Bertz CT molecular complexity index is 519. The molecule has 1 heterocycles. The Hall–Kier alpha value is -0.970. The van der Waals surface area contributed by atoms with E-state index in [1.54, 1.807) is 18.3 Å². The number of nitrogens with zero attached hydrogens (tertiary/aromatic N) is 2. The lowest BCUT2D eigenvalue weighted by molar-refractivity contribution is 1.07. The molecule has 2 N–H and O–H groups in total. The minimum absolute atomic E-state index is 0.394.